The van der Waals surface area contributed by atoms with E-state index in [4.69, 9.17) is 15.6 Å². The maximum absolute atomic E-state index is 12.8. The first-order valence-electron chi connectivity index (χ1n) is 10.9. The van der Waals surface area contributed by atoms with Crippen LogP contribution in [-0.4, -0.2) is 34.9 Å². The van der Waals surface area contributed by atoms with E-state index in [9.17, 15) is 4.79 Å². The molecule has 30 heavy (non-hydrogen) atoms. The highest BCUT2D eigenvalue weighted by Crippen LogP contribution is 2.23. The van der Waals surface area contributed by atoms with Crippen LogP contribution in [0.3, 0.4) is 0 Å². The number of hydrogen-bond acceptors (Lipinski definition) is 3. The van der Waals surface area contributed by atoms with Crippen LogP contribution in [0.5, 0.6) is 0 Å². The Morgan fingerprint density at radius 2 is 1.67 bits per heavy atom. The van der Waals surface area contributed by atoms with Crippen molar-refractivity contribution in [3.8, 4) is 0 Å². The van der Waals surface area contributed by atoms with Gasteiger partial charge in [-0.25, -0.2) is 0 Å². The van der Waals surface area contributed by atoms with Crippen LogP contribution in [0.1, 0.15) is 83.3 Å². The highest BCUT2D eigenvalue weighted by molar-refractivity contribution is 6.00. The molecule has 6 nitrogen and oxygen atoms in total. The van der Waals surface area contributed by atoms with Crippen molar-refractivity contribution in [3.05, 3.63) is 35.6 Å². The molecule has 0 unspecified atom stereocenters. The van der Waals surface area contributed by atoms with Crippen LogP contribution in [-0.2, 0) is 0 Å². The monoisotopic (exact) mass is 413 g/mol. The largest absolute Gasteiger partial charge is 0.451 e. The minimum Gasteiger partial charge on any atom is -0.451 e. The first-order chi connectivity index (χ1) is 13.9. The Morgan fingerprint density at radius 1 is 1.07 bits per heavy atom. The summed E-state index contributed by atoms with van der Waals surface area (Å²) in [6.45, 7) is 13.9. The minimum absolute atomic E-state index is 0.00236. The normalized spacial score (nSPS) is 20.5. The van der Waals surface area contributed by atoms with Gasteiger partial charge in [0.05, 0.1) is 17.1 Å². The highest BCUT2D eigenvalue weighted by Gasteiger charge is 2.42. The van der Waals surface area contributed by atoms with E-state index in [2.05, 4.69) is 46.9 Å². The Labute approximate surface area is 179 Å². The van der Waals surface area contributed by atoms with Crippen LogP contribution < -0.4 is 16.0 Å². The summed E-state index contributed by atoms with van der Waals surface area (Å²) in [5.41, 5.74) is 7.18. The topological polar surface area (TPSA) is 96.5 Å². The number of amidine groups is 1. The maximum Gasteiger partial charge on any atom is 0.287 e. The Bertz CT molecular complexity index is 911. The molecule has 1 fully saturated rings. The number of carbonyl (C=O) groups excluding carboxylic acids is 1. The fourth-order valence-electron chi connectivity index (χ4n) is 5.46. The predicted molar refractivity (Wildman–Crippen MR) is 121 cm³/mol. The van der Waals surface area contributed by atoms with Gasteiger partial charge in [-0.2, -0.15) is 0 Å². The molecule has 0 aliphatic heterocycles. The Hall–Kier alpha value is -2.34. The van der Waals surface area contributed by atoms with E-state index in [1.54, 1.807) is 29.2 Å². The predicted octanol–water partition coefficient (Wildman–Crippen LogP) is 3.24. The summed E-state index contributed by atoms with van der Waals surface area (Å²) in [6.07, 6.45) is 4.19. The third-order valence-corrected chi connectivity index (χ3v) is 6.14. The van der Waals surface area contributed by atoms with Crippen molar-refractivity contribution in [2.45, 2.75) is 90.4 Å². The molecule has 0 atom stereocenters. The molecule has 1 aromatic carbocycles. The minimum atomic E-state index is -0.171. The van der Waals surface area contributed by atoms with Crippen LogP contribution in [0.15, 0.2) is 28.7 Å². The van der Waals surface area contributed by atoms with E-state index in [1.165, 1.54) is 0 Å². The second-order valence-electron chi connectivity index (χ2n) is 10.7. The molecule has 1 aromatic heterocycles. The van der Waals surface area contributed by atoms with E-state index in [0.717, 1.165) is 31.1 Å². The molecule has 164 valence electrons. The fraction of sp³-hybridized carbons (Fsp3) is 0.583. The van der Waals surface area contributed by atoms with E-state index < -0.39 is 0 Å². The van der Waals surface area contributed by atoms with Crippen molar-refractivity contribution < 1.29 is 14.1 Å². The number of fused-ring (bicyclic) bond motifs is 1. The molecule has 2 aromatic rings. The summed E-state index contributed by atoms with van der Waals surface area (Å²) in [7, 11) is 0. The lowest BCUT2D eigenvalue weighted by Gasteiger charge is -2.48. The number of nitrogens with one attached hydrogen (secondary N) is 3. The quantitative estimate of drug-likeness (QED) is 0.458. The lowest BCUT2D eigenvalue weighted by molar-refractivity contribution is -1.01. The van der Waals surface area contributed by atoms with Gasteiger partial charge in [-0.15, -0.1) is 0 Å². The number of carbonyl (C=O) groups is 1. The van der Waals surface area contributed by atoms with E-state index in [0.29, 0.717) is 22.9 Å². The second-order valence-corrected chi connectivity index (χ2v) is 10.7. The third kappa shape index (κ3) is 4.86. The van der Waals surface area contributed by atoms with Crippen LogP contribution in [0, 0.1) is 5.41 Å². The Kier molecular flexibility index (Phi) is 6.01. The smallest absolute Gasteiger partial charge is 0.287 e. The Morgan fingerprint density at radius 3 is 2.20 bits per heavy atom. The molecule has 0 bridgehead atoms. The zero-order valence-corrected chi connectivity index (χ0v) is 19.2. The highest BCUT2D eigenvalue weighted by atomic mass is 16.3. The summed E-state index contributed by atoms with van der Waals surface area (Å²) < 4.78 is 5.73. The van der Waals surface area contributed by atoms with Gasteiger partial charge in [0.25, 0.3) is 5.91 Å². The van der Waals surface area contributed by atoms with Crippen LogP contribution in [0.4, 0.5) is 0 Å². The molecule has 0 saturated heterocycles. The second kappa shape index (κ2) is 8.06. The number of hydrogen-bond donors (Lipinski definition) is 4. The summed E-state index contributed by atoms with van der Waals surface area (Å²) in [5, 5.41) is 11.5. The summed E-state index contributed by atoms with van der Waals surface area (Å²) in [5.74, 6) is 0.141. The number of quaternary nitrogens is 1. The van der Waals surface area contributed by atoms with E-state index in [-0.39, 0.29) is 28.9 Å². The number of amides is 1. The van der Waals surface area contributed by atoms with Crippen LogP contribution in [0.2, 0.25) is 0 Å². The molecular formula is C24H37N4O2+. The zero-order valence-electron chi connectivity index (χ0n) is 19.2. The van der Waals surface area contributed by atoms with E-state index >= 15 is 0 Å². The molecular weight excluding hydrogens is 376 g/mol. The molecule has 6 heteroatoms. The number of furan rings is 1. The number of benzene rings is 1. The van der Waals surface area contributed by atoms with Gasteiger partial charge in [-0.3, -0.25) is 10.2 Å². The van der Waals surface area contributed by atoms with Crippen molar-refractivity contribution in [1.29, 1.82) is 5.41 Å². The molecule has 1 amide bonds. The zero-order chi connectivity index (χ0) is 22.3. The molecule has 1 saturated carbocycles. The van der Waals surface area contributed by atoms with Crippen molar-refractivity contribution in [2.24, 2.45) is 5.73 Å². The van der Waals surface area contributed by atoms with Crippen molar-refractivity contribution in [1.82, 2.24) is 5.32 Å². The van der Waals surface area contributed by atoms with Crippen molar-refractivity contribution in [2.75, 3.05) is 0 Å². The van der Waals surface area contributed by atoms with Gasteiger partial charge in [0.15, 0.2) is 5.76 Å². The molecule has 3 rings (SSSR count). The summed E-state index contributed by atoms with van der Waals surface area (Å²) in [4.78, 5) is 14.4. The van der Waals surface area contributed by atoms with Gasteiger partial charge in [-0.1, -0.05) is 0 Å². The summed E-state index contributed by atoms with van der Waals surface area (Å²) in [6, 6.07) is 7.78. The molecule has 1 heterocycles. The third-order valence-electron chi connectivity index (χ3n) is 6.14. The lowest BCUT2D eigenvalue weighted by Crippen LogP contribution is -3.27. The van der Waals surface area contributed by atoms with Crippen LogP contribution >= 0.6 is 0 Å². The lowest BCUT2D eigenvalue weighted by atomic mass is 9.84. The molecule has 0 spiro atoms. The van der Waals surface area contributed by atoms with Crippen molar-refractivity contribution in [3.63, 3.8) is 0 Å². The molecule has 5 N–H and O–H groups in total. The number of rotatable bonds is 4. The average molecular weight is 414 g/mol. The van der Waals surface area contributed by atoms with Gasteiger partial charge in [0, 0.05) is 29.8 Å². The summed E-state index contributed by atoms with van der Waals surface area (Å²) >= 11 is 0. The van der Waals surface area contributed by atoms with Gasteiger partial charge in [0.2, 0.25) is 0 Å². The molecule has 1 aliphatic rings. The first-order valence-corrected chi connectivity index (χ1v) is 10.9. The SMILES string of the molecule is CC(C)(C)[NH+](C1CCC(NC(=O)c2cc3cc(C(=N)N)ccc3o2)CC1)C(C)(C)C. The van der Waals surface area contributed by atoms with E-state index in [1.807, 2.05) is 0 Å². The van der Waals surface area contributed by atoms with Crippen LogP contribution in [0.25, 0.3) is 11.0 Å². The average Bonchev–Trinajstić information content (AvgIpc) is 3.04. The standard InChI is InChI=1S/C24H36N4O2/c1-23(2,3)28(24(4,5)6)18-10-8-17(9-11-18)27-22(29)20-14-16-13-15(21(25)26)7-12-19(16)30-20/h7,12-14,17-18H,8-11H2,1-6H3,(H3,25,26)(H,27,29)/p+1. The van der Waals surface area contributed by atoms with Crippen molar-refractivity contribution >= 4 is 22.7 Å². The van der Waals surface area contributed by atoms with Gasteiger partial charge in [0.1, 0.15) is 11.4 Å². The van der Waals surface area contributed by atoms with Gasteiger partial charge >= 0.3 is 0 Å². The number of nitrogen functional groups attached to an aromatic ring is 1. The van der Waals surface area contributed by atoms with Gasteiger partial charge < -0.3 is 20.4 Å². The first kappa shape index (κ1) is 22.3. The van der Waals surface area contributed by atoms with Gasteiger partial charge in [-0.05, 0) is 78.6 Å². The molecule has 0 radical (unpaired) electrons. The fourth-order valence-corrected chi connectivity index (χ4v) is 5.46. The Balaban J connectivity index is 1.64. The maximum atomic E-state index is 12.8. The molecule has 1 aliphatic carbocycles. The number of nitrogens with two attached hydrogens (primary N) is 1.